The Morgan fingerprint density at radius 3 is 1.83 bits per heavy atom. The van der Waals surface area contributed by atoms with E-state index in [9.17, 15) is 0 Å². The molecule has 4 heteroatoms. The molecule has 5 aliphatic rings. The highest BCUT2D eigenvalue weighted by Crippen LogP contribution is 2.67. The highest BCUT2D eigenvalue weighted by molar-refractivity contribution is 7.00. The summed E-state index contributed by atoms with van der Waals surface area (Å²) in [6.45, 7) is 31.5. The third-order valence-electron chi connectivity index (χ3n) is 21.5. The van der Waals surface area contributed by atoms with Crippen LogP contribution >= 0.6 is 0 Å². The fourth-order valence-corrected chi connectivity index (χ4v) is 16.8. The number of anilines is 6. The second-order valence-corrected chi connectivity index (χ2v) is 29.0. The normalized spacial score (nSPS) is 20.9. The van der Waals surface area contributed by atoms with Crippen molar-refractivity contribution in [3.8, 4) is 11.1 Å². The van der Waals surface area contributed by atoms with Crippen LogP contribution in [0.4, 0.5) is 34.1 Å². The second-order valence-electron chi connectivity index (χ2n) is 29.0. The molecule has 9 aromatic carbocycles. The van der Waals surface area contributed by atoms with Gasteiger partial charge in [-0.1, -0.05) is 211 Å². The van der Waals surface area contributed by atoms with E-state index in [1.807, 2.05) is 0 Å². The number of aryl methyl sites for hydroxylation is 1. The Bertz CT molecular complexity index is 4330. The molecule has 3 atom stereocenters. The molecule has 0 spiro atoms. The van der Waals surface area contributed by atoms with Crippen molar-refractivity contribution < 1.29 is 4.42 Å². The Morgan fingerprint density at radius 2 is 1.10 bits per heavy atom. The predicted octanol–water partition coefficient (Wildman–Crippen LogP) is 19.2. The Hall–Kier alpha value is -7.56. The van der Waals surface area contributed by atoms with Crippen molar-refractivity contribution in [2.24, 2.45) is 5.41 Å². The number of hydrogen-bond donors (Lipinski definition) is 0. The highest BCUT2D eigenvalue weighted by Gasteiger charge is 2.59. The first-order chi connectivity index (χ1) is 39.1. The standard InChI is InChI=1S/C78H77BN2O/c1-47-39-67-72-68(40-47)81(64-35-31-50(73(2,3)4)42-55(64)48-23-15-14-16-24-48)66-46-61-60(75(8,9)57-26-18-19-27-58(57)76(61,10)11)45-63(66)79(72)62-34-29-49(41-65(62)80(67)52-32-36-70-56(44-52)53-25-17-20-28-69(53)82-70)71-54-33-30-51(74(5,6)7)43-59(54)77(12)37-21-22-38-78(71,77)13/h14-20,23-36,39-46,71H,21-22,37-38H2,1-13H3. The van der Waals surface area contributed by atoms with E-state index in [1.165, 1.54) is 132 Å². The molecule has 0 N–H and O–H groups in total. The molecule has 3 heterocycles. The maximum atomic E-state index is 6.59. The highest BCUT2D eigenvalue weighted by atomic mass is 16.3. The van der Waals surface area contributed by atoms with Gasteiger partial charge in [0.1, 0.15) is 11.2 Å². The first-order valence-corrected chi connectivity index (χ1v) is 30.5. The van der Waals surface area contributed by atoms with Gasteiger partial charge in [-0.2, -0.15) is 0 Å². The summed E-state index contributed by atoms with van der Waals surface area (Å²) in [5, 5.41) is 2.27. The summed E-state index contributed by atoms with van der Waals surface area (Å²) in [6.07, 6.45) is 4.96. The van der Waals surface area contributed by atoms with Crippen molar-refractivity contribution >= 4 is 79.2 Å². The van der Waals surface area contributed by atoms with Gasteiger partial charge in [0.15, 0.2) is 0 Å². The molecule has 3 aliphatic carbocycles. The Labute approximate surface area is 487 Å². The molecule has 3 unspecified atom stereocenters. The van der Waals surface area contributed by atoms with E-state index >= 15 is 0 Å². The topological polar surface area (TPSA) is 19.6 Å². The predicted molar refractivity (Wildman–Crippen MR) is 348 cm³/mol. The lowest BCUT2D eigenvalue weighted by atomic mass is 9.33. The van der Waals surface area contributed by atoms with Gasteiger partial charge in [-0.3, -0.25) is 0 Å². The number of hydrogen-bond acceptors (Lipinski definition) is 3. The van der Waals surface area contributed by atoms with Gasteiger partial charge in [0.25, 0.3) is 6.71 Å². The summed E-state index contributed by atoms with van der Waals surface area (Å²) in [6, 6.07) is 69.0. The van der Waals surface area contributed by atoms with Crippen molar-refractivity contribution in [1.29, 1.82) is 0 Å². The lowest BCUT2D eigenvalue weighted by Gasteiger charge is -2.50. The average molecular weight is 1070 g/mol. The quantitative estimate of drug-likeness (QED) is 0.164. The van der Waals surface area contributed by atoms with Gasteiger partial charge < -0.3 is 14.2 Å². The van der Waals surface area contributed by atoms with Gasteiger partial charge in [-0.05, 0) is 180 Å². The monoisotopic (exact) mass is 1070 g/mol. The second kappa shape index (κ2) is 17.3. The van der Waals surface area contributed by atoms with Crippen LogP contribution in [0.1, 0.15) is 170 Å². The molecule has 82 heavy (non-hydrogen) atoms. The molecule has 15 rings (SSSR count). The third-order valence-corrected chi connectivity index (χ3v) is 21.5. The van der Waals surface area contributed by atoms with Gasteiger partial charge in [-0.25, -0.2) is 0 Å². The van der Waals surface area contributed by atoms with Crippen molar-refractivity contribution in [2.45, 2.75) is 149 Å². The molecule has 1 aromatic heterocycles. The molecule has 0 radical (unpaired) electrons. The number of benzene rings is 9. The first-order valence-electron chi connectivity index (χ1n) is 30.5. The van der Waals surface area contributed by atoms with E-state index in [-0.39, 0.29) is 45.1 Å². The number of nitrogens with zero attached hydrogens (tertiary/aromatic N) is 2. The fraction of sp³-hybridized carbons (Fsp3) is 0.308. The molecule has 0 amide bonds. The van der Waals surface area contributed by atoms with Crippen molar-refractivity contribution in [2.75, 3.05) is 9.80 Å². The maximum absolute atomic E-state index is 6.59. The van der Waals surface area contributed by atoms with E-state index in [0.717, 1.165) is 27.6 Å². The minimum absolute atomic E-state index is 0.0405. The van der Waals surface area contributed by atoms with Crippen molar-refractivity contribution in [1.82, 2.24) is 0 Å². The minimum atomic E-state index is -0.250. The average Bonchev–Trinajstić information content (AvgIpc) is 2.50. The lowest BCUT2D eigenvalue weighted by Crippen LogP contribution is -2.62. The Balaban J connectivity index is 1.05. The summed E-state index contributed by atoms with van der Waals surface area (Å²) >= 11 is 0. The molecule has 2 aliphatic heterocycles. The first kappa shape index (κ1) is 51.3. The van der Waals surface area contributed by atoms with E-state index in [1.54, 1.807) is 5.56 Å². The summed E-state index contributed by atoms with van der Waals surface area (Å²) in [5.41, 5.74) is 29.4. The van der Waals surface area contributed by atoms with Gasteiger partial charge >= 0.3 is 0 Å². The zero-order chi connectivity index (χ0) is 56.8. The molecule has 0 bridgehead atoms. The molecule has 1 saturated carbocycles. The summed E-state index contributed by atoms with van der Waals surface area (Å²) in [7, 11) is 0. The number of furan rings is 1. The van der Waals surface area contributed by atoms with Gasteiger partial charge in [0, 0.05) is 61.5 Å². The lowest BCUT2D eigenvalue weighted by molar-refractivity contribution is 0.0923. The van der Waals surface area contributed by atoms with Crippen molar-refractivity contribution in [3.63, 3.8) is 0 Å². The largest absolute Gasteiger partial charge is 0.456 e. The fourth-order valence-electron chi connectivity index (χ4n) is 16.8. The van der Waals surface area contributed by atoms with Crippen LogP contribution in [-0.2, 0) is 27.1 Å². The van der Waals surface area contributed by atoms with Crippen LogP contribution in [0.5, 0.6) is 0 Å². The van der Waals surface area contributed by atoms with Gasteiger partial charge in [-0.15, -0.1) is 0 Å². The molecule has 1 fully saturated rings. The van der Waals surface area contributed by atoms with Gasteiger partial charge in [0.05, 0.1) is 5.69 Å². The zero-order valence-corrected chi connectivity index (χ0v) is 50.5. The molecular formula is C78H77BN2O. The van der Waals surface area contributed by atoms with Crippen LogP contribution in [0.3, 0.4) is 0 Å². The van der Waals surface area contributed by atoms with E-state index in [2.05, 4.69) is 276 Å². The van der Waals surface area contributed by atoms with Crippen LogP contribution in [0.25, 0.3) is 33.1 Å². The number of fused-ring (bicyclic) bond motifs is 12. The summed E-state index contributed by atoms with van der Waals surface area (Å²) in [4.78, 5) is 5.35. The molecular weight excluding hydrogens is 992 g/mol. The molecule has 3 nitrogen and oxygen atoms in total. The van der Waals surface area contributed by atoms with E-state index in [4.69, 9.17) is 4.42 Å². The van der Waals surface area contributed by atoms with Crippen LogP contribution in [-0.4, -0.2) is 6.71 Å². The van der Waals surface area contributed by atoms with Crippen molar-refractivity contribution in [3.05, 3.63) is 232 Å². The van der Waals surface area contributed by atoms with E-state index in [0.29, 0.717) is 0 Å². The Morgan fingerprint density at radius 1 is 0.476 bits per heavy atom. The minimum Gasteiger partial charge on any atom is -0.456 e. The molecule has 408 valence electrons. The smallest absolute Gasteiger partial charge is 0.252 e. The van der Waals surface area contributed by atoms with Crippen LogP contribution in [0.2, 0.25) is 0 Å². The van der Waals surface area contributed by atoms with Crippen LogP contribution in [0, 0.1) is 12.3 Å². The molecule has 0 saturated heterocycles. The van der Waals surface area contributed by atoms with E-state index < -0.39 is 0 Å². The maximum Gasteiger partial charge on any atom is 0.252 e. The molecule has 10 aromatic rings. The van der Waals surface area contributed by atoms with Crippen LogP contribution < -0.4 is 26.2 Å². The zero-order valence-electron chi connectivity index (χ0n) is 50.5. The summed E-state index contributed by atoms with van der Waals surface area (Å²) < 4.78 is 6.59. The SMILES string of the molecule is Cc1cc2c3c(c1)N(c1ccc(C(C)(C)C)cc1-c1ccccc1)c1cc4c(cc1B3c1ccc(C3c5ccc(C(C)(C)C)cc5C5(C)CCCCC35C)cc1N2c1ccc2oc3ccccc3c2c1)C(C)(C)c1ccccc1C4(C)C. The van der Waals surface area contributed by atoms with Crippen LogP contribution in [0.15, 0.2) is 180 Å². The van der Waals surface area contributed by atoms with Gasteiger partial charge in [0.2, 0.25) is 0 Å². The Kier molecular flexibility index (Phi) is 10.8. The number of rotatable bonds is 4. The summed E-state index contributed by atoms with van der Waals surface area (Å²) in [5.74, 6) is 0.237. The third kappa shape index (κ3) is 7.09. The number of para-hydroxylation sites is 1.